The summed E-state index contributed by atoms with van der Waals surface area (Å²) in [5.74, 6) is 0.288. The summed E-state index contributed by atoms with van der Waals surface area (Å²) in [5, 5.41) is 0. The summed E-state index contributed by atoms with van der Waals surface area (Å²) in [6.07, 6.45) is 0.698. The van der Waals surface area contributed by atoms with E-state index in [0.29, 0.717) is 12.2 Å². The van der Waals surface area contributed by atoms with Crippen LogP contribution in [0.25, 0.3) is 0 Å². The van der Waals surface area contributed by atoms with E-state index in [1.807, 2.05) is 67.5 Å². The van der Waals surface area contributed by atoms with Gasteiger partial charge in [0.25, 0.3) is 0 Å². The molecule has 0 aliphatic rings. The van der Waals surface area contributed by atoms with Gasteiger partial charge in [0.15, 0.2) is 0 Å². The van der Waals surface area contributed by atoms with E-state index in [9.17, 15) is 4.79 Å². The molecule has 142 valence electrons. The molecule has 4 nitrogen and oxygen atoms in total. The zero-order valence-corrected chi connectivity index (χ0v) is 17.5. The van der Waals surface area contributed by atoms with E-state index in [1.165, 1.54) is 0 Å². The molecule has 0 bridgehead atoms. The molecule has 0 heterocycles. The molecule has 0 unspecified atom stereocenters. The molecule has 0 aliphatic heterocycles. The summed E-state index contributed by atoms with van der Waals surface area (Å²) in [4.78, 5) is 12.8. The van der Waals surface area contributed by atoms with Gasteiger partial charge in [0.05, 0.1) is 16.6 Å². The first-order chi connectivity index (χ1) is 11.3. The lowest BCUT2D eigenvalue weighted by molar-refractivity contribution is -0.144. The quantitative estimate of drug-likeness (QED) is 0.507. The molecule has 0 fully saturated rings. The molecule has 0 amide bonds. The maximum Gasteiger partial charge on any atom is 0.316 e. The highest BCUT2D eigenvalue weighted by atomic mass is 16.5. The fourth-order valence-corrected chi connectivity index (χ4v) is 2.37. The third-order valence-corrected chi connectivity index (χ3v) is 5.18. The Balaban J connectivity index is 3.67. The Morgan fingerprint density at radius 1 is 0.920 bits per heavy atom. The van der Waals surface area contributed by atoms with Gasteiger partial charge in [-0.05, 0) is 67.0 Å². The second-order valence-electron chi connectivity index (χ2n) is 8.24. The summed E-state index contributed by atoms with van der Waals surface area (Å²) in [5.41, 5.74) is 0.988. The van der Waals surface area contributed by atoms with Crippen LogP contribution >= 0.6 is 0 Å². The molecule has 1 aromatic rings. The van der Waals surface area contributed by atoms with Gasteiger partial charge in [-0.15, -0.1) is 0 Å². The summed E-state index contributed by atoms with van der Waals surface area (Å²) in [6, 6.07) is 4.03. The van der Waals surface area contributed by atoms with Crippen molar-refractivity contribution in [1.29, 1.82) is 0 Å². The number of benzene rings is 1. The number of esters is 1. The van der Waals surface area contributed by atoms with Gasteiger partial charge in [-0.2, -0.15) is 0 Å². The first-order valence-electron chi connectivity index (χ1n) is 8.80. The number of carbonyl (C=O) groups excluding carboxylic acids is 1. The lowest BCUT2D eigenvalue weighted by Gasteiger charge is -2.33. The van der Waals surface area contributed by atoms with Gasteiger partial charge in [0.1, 0.15) is 5.75 Å². The standard InChI is InChI=1S/C21H34O4/c1-11-19(3,4)18(22)25-17-15(20(5,6)23-9)12-14(2)13-16(17)21(7,8)24-10/h12-13H,11H2,1-10H3. The average molecular weight is 350 g/mol. The normalized spacial score (nSPS) is 13.0. The van der Waals surface area contributed by atoms with Gasteiger partial charge in [0.2, 0.25) is 0 Å². The van der Waals surface area contributed by atoms with Crippen LogP contribution < -0.4 is 4.74 Å². The van der Waals surface area contributed by atoms with Crippen LogP contribution in [0.3, 0.4) is 0 Å². The smallest absolute Gasteiger partial charge is 0.316 e. The molecule has 0 atom stereocenters. The van der Waals surface area contributed by atoms with Crippen molar-refractivity contribution >= 4 is 5.97 Å². The Morgan fingerprint density at radius 3 is 1.64 bits per heavy atom. The van der Waals surface area contributed by atoms with Crippen LogP contribution in [0.5, 0.6) is 5.75 Å². The van der Waals surface area contributed by atoms with E-state index in [2.05, 4.69) is 0 Å². The third-order valence-electron chi connectivity index (χ3n) is 5.18. The first-order valence-corrected chi connectivity index (χ1v) is 8.80. The molecule has 25 heavy (non-hydrogen) atoms. The second-order valence-corrected chi connectivity index (χ2v) is 8.24. The zero-order chi connectivity index (χ0) is 19.6. The first kappa shape index (κ1) is 21.7. The van der Waals surface area contributed by atoms with Gasteiger partial charge in [-0.1, -0.05) is 12.5 Å². The van der Waals surface area contributed by atoms with E-state index >= 15 is 0 Å². The largest absolute Gasteiger partial charge is 0.425 e. The lowest BCUT2D eigenvalue weighted by Crippen LogP contribution is -2.32. The highest BCUT2D eigenvalue weighted by Gasteiger charge is 2.36. The van der Waals surface area contributed by atoms with Crippen molar-refractivity contribution in [1.82, 2.24) is 0 Å². The molecule has 0 radical (unpaired) electrons. The Labute approximate surface area is 152 Å². The summed E-state index contributed by atoms with van der Waals surface area (Å²) in [6.45, 7) is 15.7. The van der Waals surface area contributed by atoms with Crippen LogP contribution in [0, 0.1) is 12.3 Å². The van der Waals surface area contributed by atoms with Crippen molar-refractivity contribution in [2.24, 2.45) is 5.41 Å². The molecule has 0 saturated heterocycles. The molecule has 1 aromatic carbocycles. The van der Waals surface area contributed by atoms with Crippen molar-refractivity contribution in [2.45, 2.75) is 73.0 Å². The van der Waals surface area contributed by atoms with Gasteiger partial charge in [0, 0.05) is 25.3 Å². The highest BCUT2D eigenvalue weighted by molar-refractivity contribution is 5.79. The van der Waals surface area contributed by atoms with Crippen molar-refractivity contribution < 1.29 is 19.0 Å². The van der Waals surface area contributed by atoms with Gasteiger partial charge < -0.3 is 14.2 Å². The molecular weight excluding hydrogens is 316 g/mol. The van der Waals surface area contributed by atoms with E-state index in [0.717, 1.165) is 16.7 Å². The predicted molar refractivity (Wildman–Crippen MR) is 101 cm³/mol. The molecule has 4 heteroatoms. The fraction of sp³-hybridized carbons (Fsp3) is 0.667. The molecule has 1 rings (SSSR count). The Kier molecular flexibility index (Phi) is 6.47. The number of rotatable bonds is 7. The summed E-state index contributed by atoms with van der Waals surface area (Å²) in [7, 11) is 3.32. The van der Waals surface area contributed by atoms with Crippen LogP contribution in [0.4, 0.5) is 0 Å². The molecule has 0 spiro atoms. The lowest BCUT2D eigenvalue weighted by atomic mass is 9.86. The van der Waals surface area contributed by atoms with Gasteiger partial charge in [-0.3, -0.25) is 4.79 Å². The Bertz CT molecular complexity index is 590. The topological polar surface area (TPSA) is 44.8 Å². The maximum atomic E-state index is 12.8. The average Bonchev–Trinajstić information content (AvgIpc) is 2.55. The van der Waals surface area contributed by atoms with Gasteiger partial charge >= 0.3 is 5.97 Å². The summed E-state index contributed by atoms with van der Waals surface area (Å²) < 4.78 is 17.3. The maximum absolute atomic E-state index is 12.8. The molecule has 0 saturated carbocycles. The minimum Gasteiger partial charge on any atom is -0.425 e. The van der Waals surface area contributed by atoms with Crippen molar-refractivity contribution in [2.75, 3.05) is 14.2 Å². The van der Waals surface area contributed by atoms with E-state index in [-0.39, 0.29) is 5.97 Å². The molecule has 0 aliphatic carbocycles. The third kappa shape index (κ3) is 4.62. The Hall–Kier alpha value is -1.39. The van der Waals surface area contributed by atoms with Crippen molar-refractivity contribution in [3.63, 3.8) is 0 Å². The minimum atomic E-state index is -0.601. The fourth-order valence-electron chi connectivity index (χ4n) is 2.37. The SMILES string of the molecule is CCC(C)(C)C(=O)Oc1c(C(C)(C)OC)cc(C)cc1C(C)(C)OC. The number of hydrogen-bond donors (Lipinski definition) is 0. The predicted octanol–water partition coefficient (Wildman–Crippen LogP) is 5.10. The van der Waals surface area contributed by atoms with Crippen LogP contribution in [0.15, 0.2) is 12.1 Å². The van der Waals surface area contributed by atoms with Gasteiger partial charge in [-0.25, -0.2) is 0 Å². The van der Waals surface area contributed by atoms with Crippen molar-refractivity contribution in [3.05, 3.63) is 28.8 Å². The molecule has 0 aromatic heterocycles. The van der Waals surface area contributed by atoms with Crippen LogP contribution in [0.2, 0.25) is 0 Å². The molecule has 0 N–H and O–H groups in total. The van der Waals surface area contributed by atoms with E-state index in [1.54, 1.807) is 14.2 Å². The van der Waals surface area contributed by atoms with Crippen molar-refractivity contribution in [3.8, 4) is 5.75 Å². The zero-order valence-electron chi connectivity index (χ0n) is 17.5. The highest BCUT2D eigenvalue weighted by Crippen LogP contribution is 2.42. The van der Waals surface area contributed by atoms with E-state index in [4.69, 9.17) is 14.2 Å². The summed E-state index contributed by atoms with van der Waals surface area (Å²) >= 11 is 0. The Morgan fingerprint density at radius 2 is 1.32 bits per heavy atom. The van der Waals surface area contributed by atoms with E-state index < -0.39 is 16.6 Å². The van der Waals surface area contributed by atoms with Crippen LogP contribution in [-0.2, 0) is 25.5 Å². The number of methoxy groups -OCH3 is 2. The number of hydrogen-bond acceptors (Lipinski definition) is 4. The molecular formula is C21H34O4. The van der Waals surface area contributed by atoms with Crippen LogP contribution in [0.1, 0.15) is 71.6 Å². The number of carbonyl (C=O) groups is 1. The second kappa shape index (κ2) is 7.46. The van der Waals surface area contributed by atoms with Crippen LogP contribution in [-0.4, -0.2) is 20.2 Å². The number of ether oxygens (including phenoxy) is 3. The minimum absolute atomic E-state index is 0.250. The monoisotopic (exact) mass is 350 g/mol. The number of aryl methyl sites for hydroxylation is 1.